The predicted molar refractivity (Wildman–Crippen MR) is 66.9 cm³/mol. The van der Waals surface area contributed by atoms with Gasteiger partial charge in [-0.3, -0.25) is 29.6 Å². The Balaban J connectivity index is 2.88. The minimum atomic E-state index is -0.850. The first kappa shape index (κ1) is 14.5. The lowest BCUT2D eigenvalue weighted by molar-refractivity contribution is -0.128. The minimum absolute atomic E-state index is 0.315. The Morgan fingerprint density at radius 1 is 1.56 bits per heavy atom. The van der Waals surface area contributed by atoms with Crippen LogP contribution in [0.25, 0.3) is 0 Å². The molecule has 1 aromatic heterocycles. The fraction of sp³-hybridized carbons (Fsp3) is 0.556. The number of hydrogen-bond donors (Lipinski definition) is 3. The maximum atomic E-state index is 11.5. The van der Waals surface area contributed by atoms with Crippen molar-refractivity contribution in [3.8, 4) is 0 Å². The van der Waals surface area contributed by atoms with Crippen molar-refractivity contribution in [2.24, 2.45) is 18.3 Å². The Hall–Kier alpha value is -1.61. The molecule has 0 aliphatic rings. The summed E-state index contributed by atoms with van der Waals surface area (Å²) in [5.41, 5.74) is -0.265. The van der Waals surface area contributed by atoms with Crippen molar-refractivity contribution in [2.75, 3.05) is 5.75 Å². The number of nitrogens with zero attached hydrogens (tertiary/aromatic N) is 2. The highest BCUT2D eigenvalue weighted by atomic mass is 32.2. The van der Waals surface area contributed by atoms with Crippen LogP contribution in [0.5, 0.6) is 0 Å². The highest BCUT2D eigenvalue weighted by Crippen LogP contribution is 2.25. The van der Waals surface area contributed by atoms with Gasteiger partial charge in [0.25, 0.3) is 0 Å². The van der Waals surface area contributed by atoms with E-state index in [1.54, 1.807) is 20.9 Å². The zero-order valence-corrected chi connectivity index (χ0v) is 11.1. The number of aryl methyl sites for hydroxylation is 1. The summed E-state index contributed by atoms with van der Waals surface area (Å²) in [4.78, 5) is 37.2. The van der Waals surface area contributed by atoms with E-state index in [9.17, 15) is 14.4 Å². The number of hydrogen-bond acceptors (Lipinski definition) is 6. The van der Waals surface area contributed by atoms with Crippen LogP contribution in [0.2, 0.25) is 0 Å². The van der Waals surface area contributed by atoms with E-state index in [2.05, 4.69) is 15.5 Å². The predicted octanol–water partition coefficient (Wildman–Crippen LogP) is -1.42. The molecular weight excluding hydrogens is 258 g/mol. The highest BCUT2D eigenvalue weighted by Gasteiger charge is 2.27. The van der Waals surface area contributed by atoms with Gasteiger partial charge in [0, 0.05) is 12.8 Å². The van der Waals surface area contributed by atoms with E-state index in [1.807, 2.05) is 0 Å². The quantitative estimate of drug-likeness (QED) is 0.203. The third kappa shape index (κ3) is 3.20. The Labute approximate surface area is 107 Å². The molecule has 18 heavy (non-hydrogen) atoms. The lowest BCUT2D eigenvalue weighted by Crippen LogP contribution is -2.42. The highest BCUT2D eigenvalue weighted by molar-refractivity contribution is 7.99. The standard InChI is InChI=1S/C9H15N5O3S/c1-9(2,7(17)12-10)4-18-8-11-5(15)6(16)13-14(8)3/h4,10H2,1-3H3,(H,12,17)(H,13,16). The first-order valence-electron chi connectivity index (χ1n) is 5.09. The zero-order chi connectivity index (χ0) is 13.9. The van der Waals surface area contributed by atoms with Crippen LogP contribution in [0.1, 0.15) is 13.8 Å². The van der Waals surface area contributed by atoms with Crippen LogP contribution in [-0.2, 0) is 11.8 Å². The Kier molecular flexibility index (Phi) is 4.30. The van der Waals surface area contributed by atoms with E-state index in [1.165, 1.54) is 16.4 Å². The maximum Gasteiger partial charge on any atom is 0.339 e. The summed E-state index contributed by atoms with van der Waals surface area (Å²) in [6, 6.07) is 0. The van der Waals surface area contributed by atoms with Crippen LogP contribution >= 0.6 is 11.8 Å². The van der Waals surface area contributed by atoms with Crippen molar-refractivity contribution in [3.63, 3.8) is 0 Å². The summed E-state index contributed by atoms with van der Waals surface area (Å²) in [7, 11) is 1.56. The number of nitrogens with one attached hydrogen (secondary N) is 2. The van der Waals surface area contributed by atoms with Gasteiger partial charge >= 0.3 is 11.1 Å². The number of carbonyl (C=O) groups is 1. The smallest absolute Gasteiger partial charge is 0.294 e. The second-order valence-electron chi connectivity index (χ2n) is 4.35. The van der Waals surface area contributed by atoms with Crippen LogP contribution in [0.4, 0.5) is 0 Å². The van der Waals surface area contributed by atoms with Crippen molar-refractivity contribution >= 4 is 17.7 Å². The largest absolute Gasteiger partial charge is 0.339 e. The number of H-pyrrole nitrogens is 1. The monoisotopic (exact) mass is 273 g/mol. The molecule has 0 fully saturated rings. The molecule has 0 saturated heterocycles. The molecule has 0 aliphatic heterocycles. The molecule has 0 unspecified atom stereocenters. The van der Waals surface area contributed by atoms with Gasteiger partial charge in [-0.05, 0) is 0 Å². The second kappa shape index (κ2) is 5.36. The number of carbonyl (C=O) groups excluding carboxylic acids is 1. The van der Waals surface area contributed by atoms with Crippen molar-refractivity contribution in [1.82, 2.24) is 20.2 Å². The summed E-state index contributed by atoms with van der Waals surface area (Å²) in [5, 5.41) is 2.66. The third-order valence-electron chi connectivity index (χ3n) is 2.26. The Morgan fingerprint density at radius 2 is 2.17 bits per heavy atom. The van der Waals surface area contributed by atoms with Gasteiger partial charge in [0.15, 0.2) is 5.16 Å². The van der Waals surface area contributed by atoms with E-state index in [-0.39, 0.29) is 5.91 Å². The lowest BCUT2D eigenvalue weighted by atomic mass is 9.96. The van der Waals surface area contributed by atoms with E-state index in [0.717, 1.165) is 0 Å². The van der Waals surface area contributed by atoms with Crippen LogP contribution in [0.15, 0.2) is 14.7 Å². The van der Waals surface area contributed by atoms with Gasteiger partial charge < -0.3 is 0 Å². The molecule has 100 valence electrons. The third-order valence-corrected chi connectivity index (χ3v) is 3.74. The van der Waals surface area contributed by atoms with E-state index in [4.69, 9.17) is 5.84 Å². The number of hydrazine groups is 1. The number of nitrogens with two attached hydrogens (primary N) is 1. The van der Waals surface area contributed by atoms with Gasteiger partial charge in [0.05, 0.1) is 5.41 Å². The molecule has 0 aliphatic carbocycles. The molecule has 8 nitrogen and oxygen atoms in total. The average Bonchev–Trinajstić information content (AvgIpc) is 2.31. The fourth-order valence-corrected chi connectivity index (χ4v) is 2.10. The Bertz CT molecular complexity index is 562. The van der Waals surface area contributed by atoms with Crippen molar-refractivity contribution < 1.29 is 4.79 Å². The normalized spacial score (nSPS) is 11.3. The van der Waals surface area contributed by atoms with Crippen LogP contribution in [0.3, 0.4) is 0 Å². The van der Waals surface area contributed by atoms with Gasteiger partial charge in [-0.1, -0.05) is 25.6 Å². The minimum Gasteiger partial charge on any atom is -0.294 e. The van der Waals surface area contributed by atoms with Gasteiger partial charge in [-0.15, -0.1) is 0 Å². The van der Waals surface area contributed by atoms with E-state index < -0.39 is 16.5 Å². The maximum absolute atomic E-state index is 11.5. The van der Waals surface area contributed by atoms with Crippen molar-refractivity contribution in [3.05, 3.63) is 20.7 Å². The van der Waals surface area contributed by atoms with Crippen LogP contribution in [0, 0.1) is 5.41 Å². The average molecular weight is 273 g/mol. The van der Waals surface area contributed by atoms with Crippen molar-refractivity contribution in [2.45, 2.75) is 19.0 Å². The number of rotatable bonds is 4. The molecule has 1 amide bonds. The summed E-state index contributed by atoms with van der Waals surface area (Å²) >= 11 is 1.19. The molecule has 1 aromatic rings. The number of thioether (sulfide) groups is 1. The van der Waals surface area contributed by atoms with Gasteiger partial charge in [0.2, 0.25) is 5.91 Å². The number of aromatic nitrogens is 3. The molecule has 0 bridgehead atoms. The van der Waals surface area contributed by atoms with Gasteiger partial charge in [-0.2, -0.15) is 4.98 Å². The Morgan fingerprint density at radius 3 is 2.72 bits per heavy atom. The summed E-state index contributed by atoms with van der Waals surface area (Å²) in [6.45, 7) is 3.43. The van der Waals surface area contributed by atoms with E-state index >= 15 is 0 Å². The number of aromatic amines is 1. The fourth-order valence-electron chi connectivity index (χ4n) is 1.10. The molecule has 1 rings (SSSR count). The number of amides is 1. The summed E-state index contributed by atoms with van der Waals surface area (Å²) < 4.78 is 1.34. The molecule has 1 heterocycles. The molecule has 0 radical (unpaired) electrons. The topological polar surface area (TPSA) is 123 Å². The molecule has 0 aromatic carbocycles. The van der Waals surface area contributed by atoms with E-state index in [0.29, 0.717) is 10.9 Å². The molecule has 0 saturated carbocycles. The first-order valence-corrected chi connectivity index (χ1v) is 6.07. The zero-order valence-electron chi connectivity index (χ0n) is 10.3. The molecule has 4 N–H and O–H groups in total. The van der Waals surface area contributed by atoms with Crippen LogP contribution < -0.4 is 22.4 Å². The molecule has 0 atom stereocenters. The lowest BCUT2D eigenvalue weighted by Gasteiger charge is -2.21. The summed E-state index contributed by atoms with van der Waals surface area (Å²) in [6.07, 6.45) is 0. The van der Waals surface area contributed by atoms with Gasteiger partial charge in [0.1, 0.15) is 0 Å². The molecule has 9 heteroatoms. The van der Waals surface area contributed by atoms with Crippen LogP contribution in [-0.4, -0.2) is 26.4 Å². The SMILES string of the molecule is Cn1[nH]c(=O)c(=O)nc1SCC(C)(C)C(=O)NN. The summed E-state index contributed by atoms with van der Waals surface area (Å²) in [5.74, 6) is 5.12. The second-order valence-corrected chi connectivity index (χ2v) is 5.29. The first-order chi connectivity index (χ1) is 8.27. The molecule has 0 spiro atoms. The molecular formula is C9H15N5O3S. The van der Waals surface area contributed by atoms with Gasteiger partial charge in [-0.25, -0.2) is 5.84 Å². The van der Waals surface area contributed by atoms with Crippen molar-refractivity contribution in [1.29, 1.82) is 0 Å².